The third-order valence-electron chi connectivity index (χ3n) is 4.55. The fourth-order valence-corrected chi connectivity index (χ4v) is 3.02. The first-order valence-corrected chi connectivity index (χ1v) is 9.49. The van der Waals surface area contributed by atoms with Crippen LogP contribution in [0.1, 0.15) is 11.3 Å². The van der Waals surface area contributed by atoms with Gasteiger partial charge in [-0.1, -0.05) is 12.1 Å². The summed E-state index contributed by atoms with van der Waals surface area (Å²) >= 11 is 0. The van der Waals surface area contributed by atoms with Crippen molar-refractivity contribution in [2.24, 2.45) is 0 Å². The Balaban J connectivity index is 1.45. The van der Waals surface area contributed by atoms with E-state index in [1.807, 2.05) is 25.1 Å². The van der Waals surface area contributed by atoms with E-state index in [2.05, 4.69) is 37.6 Å². The Labute approximate surface area is 161 Å². The van der Waals surface area contributed by atoms with Crippen molar-refractivity contribution >= 4 is 11.8 Å². The molecule has 0 spiro atoms. The lowest BCUT2D eigenvalue weighted by Crippen LogP contribution is -2.39. The van der Waals surface area contributed by atoms with Gasteiger partial charge in [0.15, 0.2) is 0 Å². The highest BCUT2D eigenvalue weighted by atomic mass is 16.5. The highest BCUT2D eigenvalue weighted by Crippen LogP contribution is 2.13. The van der Waals surface area contributed by atoms with Gasteiger partial charge in [0.2, 0.25) is 5.95 Å². The van der Waals surface area contributed by atoms with Gasteiger partial charge in [-0.05, 0) is 31.0 Å². The molecule has 0 radical (unpaired) electrons. The molecule has 1 aliphatic rings. The van der Waals surface area contributed by atoms with Crippen molar-refractivity contribution in [3.63, 3.8) is 0 Å². The third-order valence-corrected chi connectivity index (χ3v) is 4.55. The van der Waals surface area contributed by atoms with Gasteiger partial charge in [-0.2, -0.15) is 4.98 Å². The summed E-state index contributed by atoms with van der Waals surface area (Å²) in [7, 11) is 1.68. The predicted molar refractivity (Wildman–Crippen MR) is 108 cm³/mol. The summed E-state index contributed by atoms with van der Waals surface area (Å²) in [5.74, 6) is 2.40. The second-order valence-corrected chi connectivity index (χ2v) is 6.62. The van der Waals surface area contributed by atoms with Crippen LogP contribution in [-0.2, 0) is 11.2 Å². The molecule has 2 heterocycles. The maximum absolute atomic E-state index is 5.38. The molecule has 7 heteroatoms. The van der Waals surface area contributed by atoms with Crippen molar-refractivity contribution < 1.29 is 9.47 Å². The molecule has 2 aromatic rings. The summed E-state index contributed by atoms with van der Waals surface area (Å²) in [6.45, 7) is 8.29. The summed E-state index contributed by atoms with van der Waals surface area (Å²) in [5, 5.41) is 6.73. The molecule has 1 fully saturated rings. The maximum Gasteiger partial charge on any atom is 0.224 e. The van der Waals surface area contributed by atoms with Crippen LogP contribution in [0.2, 0.25) is 0 Å². The standard InChI is InChI=1S/C20H29N5O2/c1-16-15-19(21-9-10-25-11-13-27-14-12-25)24-20(23-16)22-8-7-17-3-5-18(26-2)6-4-17/h3-6,15H,7-14H2,1-2H3,(H2,21,22,23,24). The lowest BCUT2D eigenvalue weighted by molar-refractivity contribution is 0.0398. The largest absolute Gasteiger partial charge is 0.497 e. The number of hydrogen-bond acceptors (Lipinski definition) is 7. The Morgan fingerprint density at radius 2 is 1.85 bits per heavy atom. The number of ether oxygens (including phenoxy) is 2. The van der Waals surface area contributed by atoms with Crippen molar-refractivity contribution in [2.75, 3.05) is 63.7 Å². The highest BCUT2D eigenvalue weighted by molar-refractivity contribution is 5.42. The predicted octanol–water partition coefficient (Wildman–Crippen LogP) is 2.19. The SMILES string of the molecule is COc1ccc(CCNc2nc(C)cc(NCCN3CCOCC3)n2)cc1. The zero-order chi connectivity index (χ0) is 18.9. The molecule has 0 amide bonds. The summed E-state index contributed by atoms with van der Waals surface area (Å²) in [5.41, 5.74) is 2.20. The Kier molecular flexibility index (Phi) is 7.24. The molecule has 7 nitrogen and oxygen atoms in total. The molecule has 1 saturated heterocycles. The summed E-state index contributed by atoms with van der Waals surface area (Å²) in [6.07, 6.45) is 0.904. The van der Waals surface area contributed by atoms with Gasteiger partial charge in [-0.15, -0.1) is 0 Å². The van der Waals surface area contributed by atoms with Crippen LogP contribution in [-0.4, -0.2) is 67.9 Å². The zero-order valence-corrected chi connectivity index (χ0v) is 16.2. The van der Waals surface area contributed by atoms with Gasteiger partial charge < -0.3 is 20.1 Å². The van der Waals surface area contributed by atoms with E-state index in [-0.39, 0.29) is 0 Å². The molecule has 0 saturated carbocycles. The molecule has 1 aliphatic heterocycles. The van der Waals surface area contributed by atoms with Crippen molar-refractivity contribution in [2.45, 2.75) is 13.3 Å². The fraction of sp³-hybridized carbons (Fsp3) is 0.500. The number of hydrogen-bond donors (Lipinski definition) is 2. The molecule has 146 valence electrons. The first-order chi connectivity index (χ1) is 13.2. The molecule has 1 aromatic heterocycles. The van der Waals surface area contributed by atoms with Crippen molar-refractivity contribution in [3.05, 3.63) is 41.6 Å². The molecule has 0 unspecified atom stereocenters. The van der Waals surface area contributed by atoms with Crippen molar-refractivity contribution in [1.29, 1.82) is 0 Å². The summed E-state index contributed by atoms with van der Waals surface area (Å²) < 4.78 is 10.6. The van der Waals surface area contributed by atoms with E-state index in [1.54, 1.807) is 7.11 Å². The van der Waals surface area contributed by atoms with Crippen molar-refractivity contribution in [3.8, 4) is 5.75 Å². The molecule has 0 bridgehead atoms. The van der Waals surface area contributed by atoms with Crippen LogP contribution < -0.4 is 15.4 Å². The van der Waals surface area contributed by atoms with E-state index < -0.39 is 0 Å². The molecule has 0 atom stereocenters. The van der Waals surface area contributed by atoms with Crippen LogP contribution in [0.15, 0.2) is 30.3 Å². The van der Waals surface area contributed by atoms with E-state index in [1.165, 1.54) is 5.56 Å². The first-order valence-electron chi connectivity index (χ1n) is 9.49. The van der Waals surface area contributed by atoms with Gasteiger partial charge >= 0.3 is 0 Å². The Morgan fingerprint density at radius 1 is 1.07 bits per heavy atom. The molecular formula is C20H29N5O2. The van der Waals surface area contributed by atoms with Gasteiger partial charge in [0.1, 0.15) is 11.6 Å². The van der Waals surface area contributed by atoms with Gasteiger partial charge in [-0.3, -0.25) is 4.90 Å². The average Bonchev–Trinajstić information content (AvgIpc) is 2.69. The van der Waals surface area contributed by atoms with Crippen LogP contribution in [0.25, 0.3) is 0 Å². The van der Waals surface area contributed by atoms with Gasteiger partial charge in [0, 0.05) is 44.5 Å². The molecule has 0 aliphatic carbocycles. The maximum atomic E-state index is 5.38. The van der Waals surface area contributed by atoms with Gasteiger partial charge in [-0.25, -0.2) is 4.98 Å². The first kappa shape index (κ1) is 19.4. The number of anilines is 2. The normalized spacial score (nSPS) is 14.7. The third kappa shape index (κ3) is 6.37. The van der Waals surface area contributed by atoms with E-state index in [4.69, 9.17) is 9.47 Å². The zero-order valence-electron chi connectivity index (χ0n) is 16.2. The Morgan fingerprint density at radius 3 is 2.59 bits per heavy atom. The Bertz CT molecular complexity index is 702. The number of morpholine rings is 1. The molecule has 3 rings (SSSR count). The van der Waals surface area contributed by atoms with Crippen molar-refractivity contribution in [1.82, 2.24) is 14.9 Å². The van der Waals surface area contributed by atoms with Crippen LogP contribution in [0.5, 0.6) is 5.75 Å². The van der Waals surface area contributed by atoms with Crippen LogP contribution >= 0.6 is 0 Å². The van der Waals surface area contributed by atoms with E-state index in [0.29, 0.717) is 5.95 Å². The average molecular weight is 371 g/mol. The van der Waals surface area contributed by atoms with E-state index >= 15 is 0 Å². The Hall–Kier alpha value is -2.38. The molecule has 1 aromatic carbocycles. The summed E-state index contributed by atoms with van der Waals surface area (Å²) in [6, 6.07) is 10.1. The number of rotatable bonds is 9. The van der Waals surface area contributed by atoms with Gasteiger partial charge in [0.05, 0.1) is 20.3 Å². The molecule has 2 N–H and O–H groups in total. The monoisotopic (exact) mass is 371 g/mol. The van der Waals surface area contributed by atoms with Crippen LogP contribution in [0.3, 0.4) is 0 Å². The second kappa shape index (κ2) is 10.1. The van der Waals surface area contributed by atoms with Crippen LogP contribution in [0.4, 0.5) is 11.8 Å². The highest BCUT2D eigenvalue weighted by Gasteiger charge is 2.09. The topological polar surface area (TPSA) is 71.5 Å². The lowest BCUT2D eigenvalue weighted by Gasteiger charge is -2.26. The van der Waals surface area contributed by atoms with Gasteiger partial charge in [0.25, 0.3) is 0 Å². The lowest BCUT2D eigenvalue weighted by atomic mass is 10.1. The van der Waals surface area contributed by atoms with E-state index in [0.717, 1.165) is 69.6 Å². The number of aryl methyl sites for hydroxylation is 1. The minimum absolute atomic E-state index is 0.664. The smallest absolute Gasteiger partial charge is 0.224 e. The number of nitrogens with zero attached hydrogens (tertiary/aromatic N) is 3. The molecular weight excluding hydrogens is 342 g/mol. The van der Waals surface area contributed by atoms with Crippen LogP contribution in [0, 0.1) is 6.92 Å². The second-order valence-electron chi connectivity index (χ2n) is 6.62. The molecule has 27 heavy (non-hydrogen) atoms. The number of benzene rings is 1. The minimum Gasteiger partial charge on any atom is -0.497 e. The minimum atomic E-state index is 0.664. The quantitative estimate of drug-likeness (QED) is 0.700. The summed E-state index contributed by atoms with van der Waals surface area (Å²) in [4.78, 5) is 11.5. The van der Waals surface area contributed by atoms with E-state index in [9.17, 15) is 0 Å². The number of methoxy groups -OCH3 is 1. The fourth-order valence-electron chi connectivity index (χ4n) is 3.02. The number of nitrogens with one attached hydrogen (secondary N) is 2. The number of aromatic nitrogens is 2.